The minimum atomic E-state index is -0.926. The molecule has 3 atom stereocenters. The lowest BCUT2D eigenvalue weighted by Gasteiger charge is -2.40. The summed E-state index contributed by atoms with van der Waals surface area (Å²) in [5.74, 6) is -1.80. The van der Waals surface area contributed by atoms with Crippen LogP contribution in [0.4, 0.5) is 0 Å². The predicted octanol–water partition coefficient (Wildman–Crippen LogP) is 0.804. The van der Waals surface area contributed by atoms with E-state index in [4.69, 9.17) is 0 Å². The van der Waals surface area contributed by atoms with Crippen LogP contribution in [-0.2, 0) is 16.1 Å². The van der Waals surface area contributed by atoms with E-state index in [9.17, 15) is 19.2 Å². The van der Waals surface area contributed by atoms with Crippen molar-refractivity contribution in [3.8, 4) is 0 Å². The van der Waals surface area contributed by atoms with Gasteiger partial charge in [-0.25, -0.2) is 0 Å². The number of imide groups is 2. The number of carbonyl (C=O) groups is 4. The minimum absolute atomic E-state index is 0.126. The van der Waals surface area contributed by atoms with Gasteiger partial charge < -0.3 is 5.32 Å². The quantitative estimate of drug-likeness (QED) is 0.716. The average molecular weight is 410 g/mol. The van der Waals surface area contributed by atoms with Crippen molar-refractivity contribution in [2.75, 3.05) is 13.1 Å². The first-order valence-electron chi connectivity index (χ1n) is 10.8. The molecule has 2 N–H and O–H groups in total. The lowest BCUT2D eigenvalue weighted by Crippen LogP contribution is -2.54. The number of rotatable bonds is 3. The van der Waals surface area contributed by atoms with Gasteiger partial charge in [-0.3, -0.25) is 34.3 Å². The maximum Gasteiger partial charge on any atom is 0.262 e. The molecule has 0 radical (unpaired) electrons. The van der Waals surface area contributed by atoms with Crippen molar-refractivity contribution in [2.45, 2.75) is 63.2 Å². The highest BCUT2D eigenvalue weighted by Gasteiger charge is 2.46. The number of carbonyl (C=O) groups excluding carboxylic acids is 4. The molecule has 30 heavy (non-hydrogen) atoms. The highest BCUT2D eigenvalue weighted by atomic mass is 16.2. The smallest absolute Gasteiger partial charge is 0.262 e. The van der Waals surface area contributed by atoms with Crippen LogP contribution in [0.2, 0.25) is 0 Å². The van der Waals surface area contributed by atoms with Crippen LogP contribution in [0.25, 0.3) is 0 Å². The van der Waals surface area contributed by atoms with E-state index in [0.717, 1.165) is 42.8 Å². The van der Waals surface area contributed by atoms with Gasteiger partial charge in [-0.2, -0.15) is 0 Å². The van der Waals surface area contributed by atoms with Gasteiger partial charge in [0.2, 0.25) is 11.8 Å². The van der Waals surface area contributed by atoms with Crippen LogP contribution in [0.15, 0.2) is 18.2 Å². The molecule has 3 fully saturated rings. The predicted molar refractivity (Wildman–Crippen MR) is 108 cm³/mol. The zero-order valence-electron chi connectivity index (χ0n) is 16.9. The van der Waals surface area contributed by atoms with Crippen LogP contribution in [0.1, 0.15) is 64.8 Å². The first-order valence-corrected chi connectivity index (χ1v) is 10.8. The molecule has 0 saturated carbocycles. The van der Waals surface area contributed by atoms with Gasteiger partial charge >= 0.3 is 0 Å². The summed E-state index contributed by atoms with van der Waals surface area (Å²) in [5.41, 5.74) is 1.63. The number of amides is 4. The van der Waals surface area contributed by atoms with Crippen molar-refractivity contribution in [3.05, 3.63) is 34.9 Å². The Morgan fingerprint density at radius 2 is 1.80 bits per heavy atom. The Bertz CT molecular complexity index is 916. The first-order chi connectivity index (χ1) is 14.5. The topological polar surface area (TPSA) is 98.8 Å². The molecular weight excluding hydrogens is 384 g/mol. The third-order valence-electron chi connectivity index (χ3n) is 6.95. The van der Waals surface area contributed by atoms with E-state index in [1.807, 2.05) is 12.1 Å². The molecule has 3 saturated heterocycles. The summed E-state index contributed by atoms with van der Waals surface area (Å²) < 4.78 is 0. The van der Waals surface area contributed by atoms with Gasteiger partial charge in [0.05, 0.1) is 11.1 Å². The Balaban J connectivity index is 1.45. The zero-order valence-corrected chi connectivity index (χ0v) is 16.9. The molecule has 4 aliphatic heterocycles. The van der Waals surface area contributed by atoms with Crippen LogP contribution in [-0.4, -0.2) is 64.6 Å². The lowest BCUT2D eigenvalue weighted by molar-refractivity contribution is -0.136. The van der Waals surface area contributed by atoms with E-state index >= 15 is 0 Å². The third-order valence-corrected chi connectivity index (χ3v) is 6.95. The number of hydrogen-bond acceptors (Lipinski definition) is 6. The first kappa shape index (κ1) is 19.4. The van der Waals surface area contributed by atoms with Crippen molar-refractivity contribution < 1.29 is 19.2 Å². The SMILES string of the molecule is O=C1CCC(N2C(=O)c3cccc(CN4C5CCCC4CNCC5)c3C2=O)C(=O)N1. The van der Waals surface area contributed by atoms with E-state index in [1.165, 1.54) is 6.42 Å². The Morgan fingerprint density at radius 1 is 0.967 bits per heavy atom. The van der Waals surface area contributed by atoms with Crippen molar-refractivity contribution in [1.29, 1.82) is 0 Å². The number of fused-ring (bicyclic) bond motifs is 3. The highest BCUT2D eigenvalue weighted by Crippen LogP contribution is 2.33. The summed E-state index contributed by atoms with van der Waals surface area (Å²) in [6, 6.07) is 5.39. The molecule has 4 amide bonds. The van der Waals surface area contributed by atoms with Gasteiger partial charge in [-0.15, -0.1) is 0 Å². The molecule has 0 aliphatic carbocycles. The average Bonchev–Trinajstić information content (AvgIpc) is 2.93. The molecule has 1 aromatic carbocycles. The fraction of sp³-hybridized carbons (Fsp3) is 0.545. The van der Waals surface area contributed by atoms with Crippen molar-refractivity contribution in [2.24, 2.45) is 0 Å². The van der Waals surface area contributed by atoms with Crippen molar-refractivity contribution in [3.63, 3.8) is 0 Å². The largest absolute Gasteiger partial charge is 0.315 e. The molecular formula is C22H26N4O4. The summed E-state index contributed by atoms with van der Waals surface area (Å²) in [7, 11) is 0. The molecule has 5 rings (SSSR count). The fourth-order valence-corrected chi connectivity index (χ4v) is 5.46. The number of piperidine rings is 2. The second-order valence-corrected chi connectivity index (χ2v) is 8.69. The van der Waals surface area contributed by atoms with Crippen molar-refractivity contribution >= 4 is 23.6 Å². The molecule has 2 bridgehead atoms. The van der Waals surface area contributed by atoms with E-state index in [-0.39, 0.29) is 18.7 Å². The van der Waals surface area contributed by atoms with E-state index < -0.39 is 23.8 Å². The second kappa shape index (κ2) is 7.59. The molecule has 1 aromatic rings. The maximum atomic E-state index is 13.3. The van der Waals surface area contributed by atoms with Crippen LogP contribution in [0, 0.1) is 0 Å². The maximum absolute atomic E-state index is 13.3. The molecule has 8 heteroatoms. The van der Waals surface area contributed by atoms with E-state index in [2.05, 4.69) is 15.5 Å². The van der Waals surface area contributed by atoms with Crippen LogP contribution in [0.3, 0.4) is 0 Å². The Kier molecular flexibility index (Phi) is 4.91. The molecule has 4 aliphatic rings. The number of nitrogens with zero attached hydrogens (tertiary/aromatic N) is 2. The summed E-state index contributed by atoms with van der Waals surface area (Å²) in [6.07, 6.45) is 4.90. The van der Waals surface area contributed by atoms with Gasteiger partial charge in [0.25, 0.3) is 11.8 Å². The van der Waals surface area contributed by atoms with Crippen molar-refractivity contribution in [1.82, 2.24) is 20.4 Å². The van der Waals surface area contributed by atoms with E-state index in [0.29, 0.717) is 29.8 Å². The molecule has 158 valence electrons. The van der Waals surface area contributed by atoms with Gasteiger partial charge in [-0.05, 0) is 43.9 Å². The third kappa shape index (κ3) is 3.15. The van der Waals surface area contributed by atoms with Crippen LogP contribution >= 0.6 is 0 Å². The summed E-state index contributed by atoms with van der Waals surface area (Å²) in [5, 5.41) is 5.77. The lowest BCUT2D eigenvalue weighted by atomic mass is 9.93. The summed E-state index contributed by atoms with van der Waals surface area (Å²) >= 11 is 0. The van der Waals surface area contributed by atoms with Gasteiger partial charge in [0.1, 0.15) is 6.04 Å². The standard InChI is InChI=1S/C22H26N4O4/c27-18-8-7-17(20(28)24-18)26-21(29)16-6-1-3-13(19(16)22(26)30)12-25-14-4-2-5-15(25)11-23-10-9-14/h1,3,6,14-15,17,23H,2,4-5,7-12H2,(H,24,27,28). The minimum Gasteiger partial charge on any atom is -0.315 e. The van der Waals surface area contributed by atoms with Gasteiger partial charge in [-0.1, -0.05) is 18.6 Å². The summed E-state index contributed by atoms with van der Waals surface area (Å²) in [6.45, 7) is 2.58. The molecule has 4 heterocycles. The fourth-order valence-electron chi connectivity index (χ4n) is 5.46. The Labute approximate surface area is 175 Å². The number of nitrogens with one attached hydrogen (secondary N) is 2. The zero-order chi connectivity index (χ0) is 20.8. The van der Waals surface area contributed by atoms with E-state index in [1.54, 1.807) is 6.07 Å². The summed E-state index contributed by atoms with van der Waals surface area (Å²) in [4.78, 5) is 53.7. The molecule has 3 unspecified atom stereocenters. The van der Waals surface area contributed by atoms with Crippen LogP contribution in [0.5, 0.6) is 0 Å². The van der Waals surface area contributed by atoms with Gasteiger partial charge in [0.15, 0.2) is 0 Å². The Morgan fingerprint density at radius 3 is 2.63 bits per heavy atom. The molecule has 0 spiro atoms. The monoisotopic (exact) mass is 410 g/mol. The molecule has 0 aromatic heterocycles. The second-order valence-electron chi connectivity index (χ2n) is 8.69. The Hall–Kier alpha value is -2.58. The number of hydrogen-bond donors (Lipinski definition) is 2. The van der Waals surface area contributed by atoms with Gasteiger partial charge in [0, 0.05) is 31.6 Å². The highest BCUT2D eigenvalue weighted by molar-refractivity contribution is 6.24. The normalized spacial score (nSPS) is 29.6. The molecule has 8 nitrogen and oxygen atoms in total. The van der Waals surface area contributed by atoms with Crippen LogP contribution < -0.4 is 10.6 Å². The number of benzene rings is 1.